The Morgan fingerprint density at radius 1 is 1.73 bits per heavy atom. The molecule has 84 valence electrons. The maximum Gasteiger partial charge on any atom is 0.229 e. The molecule has 0 saturated heterocycles. The van der Waals surface area contributed by atoms with Gasteiger partial charge in [-0.1, -0.05) is 5.16 Å². The van der Waals surface area contributed by atoms with Crippen LogP contribution in [0, 0.1) is 6.92 Å². The summed E-state index contributed by atoms with van der Waals surface area (Å²) in [5.41, 5.74) is 1.19. The summed E-state index contributed by atoms with van der Waals surface area (Å²) in [5, 5.41) is 15.3. The van der Waals surface area contributed by atoms with Crippen molar-refractivity contribution in [2.45, 2.75) is 26.4 Å². The summed E-state index contributed by atoms with van der Waals surface area (Å²) >= 11 is 5.69. The molecule has 0 fully saturated rings. The number of aromatic nitrogens is 1. The molecule has 1 aromatic rings. The van der Waals surface area contributed by atoms with E-state index < -0.39 is 6.10 Å². The van der Waals surface area contributed by atoms with Crippen LogP contribution in [0.3, 0.4) is 0 Å². The molecule has 0 aliphatic rings. The van der Waals surface area contributed by atoms with Gasteiger partial charge < -0.3 is 14.9 Å². The normalized spacial score (nSPS) is 12.5. The summed E-state index contributed by atoms with van der Waals surface area (Å²) in [6.45, 7) is 3.53. The lowest BCUT2D eigenvalue weighted by atomic mass is 10.2. The number of hydrogen-bond donors (Lipinski definition) is 2. The molecule has 1 amide bonds. The largest absolute Gasteiger partial charge is 0.392 e. The third kappa shape index (κ3) is 3.53. The predicted molar refractivity (Wildman–Crippen MR) is 54.6 cm³/mol. The summed E-state index contributed by atoms with van der Waals surface area (Å²) in [4.78, 5) is 11.4. The average Bonchev–Trinajstić information content (AvgIpc) is 2.46. The number of aliphatic hydroxyl groups excluding tert-OH is 1. The first-order valence-corrected chi connectivity index (χ1v) is 4.94. The summed E-state index contributed by atoms with van der Waals surface area (Å²) in [7, 11) is 0. The maximum atomic E-state index is 11.4. The Labute approximate surface area is 92.4 Å². The average molecular weight is 233 g/mol. The SMILES string of the molecule is Cc1noc(Cl)c1CC(=O)NCC(C)O. The van der Waals surface area contributed by atoms with E-state index in [1.54, 1.807) is 13.8 Å². The van der Waals surface area contributed by atoms with Crippen LogP contribution >= 0.6 is 11.6 Å². The highest BCUT2D eigenvalue weighted by molar-refractivity contribution is 6.29. The van der Waals surface area contributed by atoms with Crippen LogP contribution in [0.1, 0.15) is 18.2 Å². The fourth-order valence-corrected chi connectivity index (χ4v) is 1.28. The van der Waals surface area contributed by atoms with Gasteiger partial charge in [-0.2, -0.15) is 0 Å². The molecule has 1 atom stereocenters. The Kier molecular flexibility index (Phi) is 4.11. The molecule has 15 heavy (non-hydrogen) atoms. The lowest BCUT2D eigenvalue weighted by molar-refractivity contribution is -0.120. The van der Waals surface area contributed by atoms with Crippen LogP contribution in [0.4, 0.5) is 0 Å². The van der Waals surface area contributed by atoms with Crippen LogP contribution in [0.25, 0.3) is 0 Å². The quantitative estimate of drug-likeness (QED) is 0.801. The van der Waals surface area contributed by atoms with Gasteiger partial charge in [-0.3, -0.25) is 4.79 Å². The molecule has 0 aliphatic heterocycles. The van der Waals surface area contributed by atoms with Crippen molar-refractivity contribution >= 4 is 17.5 Å². The number of nitrogens with one attached hydrogen (secondary N) is 1. The van der Waals surface area contributed by atoms with Crippen molar-refractivity contribution < 1.29 is 14.4 Å². The molecule has 5 nitrogen and oxygen atoms in total. The highest BCUT2D eigenvalue weighted by atomic mass is 35.5. The lowest BCUT2D eigenvalue weighted by Crippen LogP contribution is -2.31. The minimum atomic E-state index is -0.562. The molecule has 2 N–H and O–H groups in total. The Morgan fingerprint density at radius 3 is 2.87 bits per heavy atom. The molecule has 1 rings (SSSR count). The molecule has 0 saturated carbocycles. The molecule has 0 spiro atoms. The first kappa shape index (κ1) is 12.0. The van der Waals surface area contributed by atoms with E-state index >= 15 is 0 Å². The number of halogens is 1. The predicted octanol–water partition coefficient (Wildman–Crippen LogP) is 0.676. The highest BCUT2D eigenvalue weighted by Gasteiger charge is 2.14. The number of nitrogens with zero attached hydrogens (tertiary/aromatic N) is 1. The van der Waals surface area contributed by atoms with Crippen LogP contribution in [0.5, 0.6) is 0 Å². The van der Waals surface area contributed by atoms with E-state index in [4.69, 9.17) is 21.2 Å². The highest BCUT2D eigenvalue weighted by Crippen LogP contribution is 2.19. The summed E-state index contributed by atoms with van der Waals surface area (Å²) in [6, 6.07) is 0. The van der Waals surface area contributed by atoms with Crippen molar-refractivity contribution in [2.75, 3.05) is 6.54 Å². The van der Waals surface area contributed by atoms with Gasteiger partial charge in [-0.15, -0.1) is 0 Å². The van der Waals surface area contributed by atoms with E-state index in [0.29, 0.717) is 11.3 Å². The summed E-state index contributed by atoms with van der Waals surface area (Å²) in [6.07, 6.45) is -0.450. The van der Waals surface area contributed by atoms with Crippen molar-refractivity contribution in [1.29, 1.82) is 0 Å². The topological polar surface area (TPSA) is 75.4 Å². The van der Waals surface area contributed by atoms with E-state index in [1.165, 1.54) is 0 Å². The second-order valence-corrected chi connectivity index (χ2v) is 3.69. The first-order valence-electron chi connectivity index (χ1n) is 4.56. The third-order valence-electron chi connectivity index (χ3n) is 1.87. The van der Waals surface area contributed by atoms with Crippen LogP contribution in [0.2, 0.25) is 5.22 Å². The molecule has 1 unspecified atom stereocenters. The van der Waals surface area contributed by atoms with Gasteiger partial charge >= 0.3 is 0 Å². The maximum absolute atomic E-state index is 11.4. The molecule has 6 heteroatoms. The number of amides is 1. The van der Waals surface area contributed by atoms with Crippen molar-refractivity contribution in [2.24, 2.45) is 0 Å². The minimum absolute atomic E-state index is 0.112. The van der Waals surface area contributed by atoms with Gasteiger partial charge in [0.1, 0.15) is 0 Å². The number of aliphatic hydroxyl groups is 1. The Balaban J connectivity index is 2.51. The Hall–Kier alpha value is -1.07. The Morgan fingerprint density at radius 2 is 2.40 bits per heavy atom. The second-order valence-electron chi connectivity index (χ2n) is 3.35. The van der Waals surface area contributed by atoms with Crippen LogP contribution in [-0.2, 0) is 11.2 Å². The third-order valence-corrected chi connectivity index (χ3v) is 2.17. The monoisotopic (exact) mass is 232 g/mol. The van der Waals surface area contributed by atoms with Gasteiger partial charge in [0.15, 0.2) is 0 Å². The van der Waals surface area contributed by atoms with Gasteiger partial charge in [0, 0.05) is 12.1 Å². The van der Waals surface area contributed by atoms with Crippen molar-refractivity contribution in [3.63, 3.8) is 0 Å². The van der Waals surface area contributed by atoms with Gasteiger partial charge in [-0.05, 0) is 25.4 Å². The van der Waals surface area contributed by atoms with Crippen molar-refractivity contribution in [3.8, 4) is 0 Å². The van der Waals surface area contributed by atoms with E-state index in [2.05, 4.69) is 10.5 Å². The molecular weight excluding hydrogens is 220 g/mol. The zero-order valence-electron chi connectivity index (χ0n) is 8.58. The summed E-state index contributed by atoms with van der Waals surface area (Å²) < 4.78 is 4.71. The second kappa shape index (κ2) is 5.14. The van der Waals surface area contributed by atoms with E-state index in [1.807, 2.05) is 0 Å². The van der Waals surface area contributed by atoms with Gasteiger partial charge in [0.2, 0.25) is 11.1 Å². The number of carbonyl (C=O) groups is 1. The van der Waals surface area contributed by atoms with Gasteiger partial charge in [0.25, 0.3) is 0 Å². The first-order chi connectivity index (χ1) is 7.00. The van der Waals surface area contributed by atoms with E-state index in [-0.39, 0.29) is 24.1 Å². The lowest BCUT2D eigenvalue weighted by Gasteiger charge is -2.06. The zero-order chi connectivity index (χ0) is 11.4. The van der Waals surface area contributed by atoms with Crippen molar-refractivity contribution in [1.82, 2.24) is 10.5 Å². The van der Waals surface area contributed by atoms with Crippen LogP contribution in [-0.4, -0.2) is 28.8 Å². The summed E-state index contributed by atoms with van der Waals surface area (Å²) in [5.74, 6) is -0.218. The van der Waals surface area contributed by atoms with Crippen LogP contribution in [0.15, 0.2) is 4.52 Å². The number of rotatable bonds is 4. The fourth-order valence-electron chi connectivity index (χ4n) is 1.04. The molecule has 0 radical (unpaired) electrons. The zero-order valence-corrected chi connectivity index (χ0v) is 9.34. The minimum Gasteiger partial charge on any atom is -0.392 e. The Bertz CT molecular complexity index is 330. The molecular formula is C9H13ClN2O3. The van der Waals surface area contributed by atoms with E-state index in [9.17, 15) is 4.79 Å². The van der Waals surface area contributed by atoms with Crippen molar-refractivity contribution in [3.05, 3.63) is 16.5 Å². The fraction of sp³-hybridized carbons (Fsp3) is 0.556. The van der Waals surface area contributed by atoms with E-state index in [0.717, 1.165) is 0 Å². The molecule has 0 bridgehead atoms. The number of aryl methyl sites for hydroxylation is 1. The van der Waals surface area contributed by atoms with Crippen LogP contribution < -0.4 is 5.32 Å². The van der Waals surface area contributed by atoms with Gasteiger partial charge in [-0.25, -0.2) is 0 Å². The molecule has 0 aliphatic carbocycles. The smallest absolute Gasteiger partial charge is 0.229 e. The van der Waals surface area contributed by atoms with Gasteiger partial charge in [0.05, 0.1) is 18.2 Å². The molecule has 1 heterocycles. The number of hydrogen-bond acceptors (Lipinski definition) is 4. The molecule has 0 aromatic carbocycles. The standard InChI is InChI=1S/C9H13ClN2O3/c1-5(13)4-11-8(14)3-7-6(2)12-15-9(7)10/h5,13H,3-4H2,1-2H3,(H,11,14). The molecule has 1 aromatic heterocycles. The number of carbonyl (C=O) groups excluding carboxylic acids is 1.